The van der Waals surface area contributed by atoms with Crippen molar-refractivity contribution in [2.45, 2.75) is 0 Å². The molecule has 0 atom stereocenters. The predicted molar refractivity (Wildman–Crippen MR) is 106 cm³/mol. The summed E-state index contributed by atoms with van der Waals surface area (Å²) in [6, 6.07) is 11.4. The summed E-state index contributed by atoms with van der Waals surface area (Å²) in [5, 5.41) is 7.99. The normalized spacial score (nSPS) is 10.7. The molecule has 4 rings (SSSR count). The molecule has 1 N–H and O–H groups in total. The van der Waals surface area contributed by atoms with Gasteiger partial charge in [-0.15, -0.1) is 0 Å². The molecular formula is C20H19N5O3. The largest absolute Gasteiger partial charge is 0.495 e. The van der Waals surface area contributed by atoms with Crippen LogP contribution >= 0.6 is 0 Å². The van der Waals surface area contributed by atoms with Gasteiger partial charge in [-0.25, -0.2) is 4.98 Å². The summed E-state index contributed by atoms with van der Waals surface area (Å²) in [4.78, 5) is 8.55. The summed E-state index contributed by atoms with van der Waals surface area (Å²) >= 11 is 0. The number of imidazole rings is 1. The number of hydrogen-bond acceptors (Lipinski definition) is 7. The number of pyridine rings is 1. The Kier molecular flexibility index (Phi) is 4.67. The first-order chi connectivity index (χ1) is 13.7. The highest BCUT2D eigenvalue weighted by atomic mass is 16.5. The number of nitrogens with one attached hydrogen (secondary N) is 1. The highest BCUT2D eigenvalue weighted by Gasteiger charge is 2.11. The van der Waals surface area contributed by atoms with Crippen LogP contribution in [0, 0.1) is 0 Å². The first-order valence-corrected chi connectivity index (χ1v) is 8.55. The Morgan fingerprint density at radius 3 is 2.50 bits per heavy atom. The average molecular weight is 377 g/mol. The van der Waals surface area contributed by atoms with Crippen molar-refractivity contribution < 1.29 is 14.2 Å². The monoisotopic (exact) mass is 377 g/mol. The first-order valence-electron chi connectivity index (χ1n) is 8.55. The molecule has 0 saturated heterocycles. The van der Waals surface area contributed by atoms with Crippen LogP contribution in [0.2, 0.25) is 0 Å². The zero-order valence-electron chi connectivity index (χ0n) is 15.7. The molecule has 8 heteroatoms. The highest BCUT2D eigenvalue weighted by Crippen LogP contribution is 2.32. The van der Waals surface area contributed by atoms with E-state index in [0.29, 0.717) is 23.1 Å². The fourth-order valence-corrected chi connectivity index (χ4v) is 2.85. The molecule has 0 bridgehead atoms. The minimum Gasteiger partial charge on any atom is -0.495 e. The summed E-state index contributed by atoms with van der Waals surface area (Å²) < 4.78 is 17.7. The van der Waals surface area contributed by atoms with E-state index in [9.17, 15) is 0 Å². The highest BCUT2D eigenvalue weighted by molar-refractivity contribution is 5.66. The number of benzene rings is 1. The van der Waals surface area contributed by atoms with Gasteiger partial charge in [0.05, 0.1) is 51.3 Å². The lowest BCUT2D eigenvalue weighted by molar-refractivity contribution is 0.355. The van der Waals surface area contributed by atoms with Crippen molar-refractivity contribution in [1.29, 1.82) is 0 Å². The molecule has 0 spiro atoms. The Balaban J connectivity index is 1.72. The van der Waals surface area contributed by atoms with Gasteiger partial charge in [-0.05, 0) is 30.3 Å². The van der Waals surface area contributed by atoms with Crippen molar-refractivity contribution in [3.63, 3.8) is 0 Å². The third kappa shape index (κ3) is 3.27. The number of ether oxygens (including phenoxy) is 3. The van der Waals surface area contributed by atoms with E-state index in [1.54, 1.807) is 44.4 Å². The SMILES string of the molecule is COc1cncc(Nc2cnc3ccc(-c4ccc(OC)c(OC)c4)nn23)c1. The first kappa shape index (κ1) is 17.6. The van der Waals surface area contributed by atoms with E-state index in [1.807, 2.05) is 36.4 Å². The molecule has 0 aliphatic carbocycles. The number of hydrogen-bond donors (Lipinski definition) is 1. The van der Waals surface area contributed by atoms with Crippen LogP contribution < -0.4 is 19.5 Å². The molecule has 3 heterocycles. The van der Waals surface area contributed by atoms with Crippen molar-refractivity contribution in [1.82, 2.24) is 19.6 Å². The molecule has 0 aliphatic heterocycles. The number of fused-ring (bicyclic) bond motifs is 1. The van der Waals surface area contributed by atoms with E-state index in [0.717, 1.165) is 22.6 Å². The summed E-state index contributed by atoms with van der Waals surface area (Å²) in [6.07, 6.45) is 5.08. The van der Waals surface area contributed by atoms with Crippen LogP contribution in [0.4, 0.5) is 11.5 Å². The fourth-order valence-electron chi connectivity index (χ4n) is 2.85. The Labute approximate surface area is 161 Å². The minimum absolute atomic E-state index is 0.647. The number of nitrogens with zero attached hydrogens (tertiary/aromatic N) is 4. The van der Waals surface area contributed by atoms with E-state index in [4.69, 9.17) is 19.3 Å². The third-order valence-electron chi connectivity index (χ3n) is 4.26. The van der Waals surface area contributed by atoms with Gasteiger partial charge in [0.2, 0.25) is 0 Å². The number of methoxy groups -OCH3 is 3. The van der Waals surface area contributed by atoms with Gasteiger partial charge in [-0.2, -0.15) is 9.61 Å². The molecule has 28 heavy (non-hydrogen) atoms. The van der Waals surface area contributed by atoms with Gasteiger partial charge in [0.1, 0.15) is 5.75 Å². The summed E-state index contributed by atoms with van der Waals surface area (Å²) in [5.74, 6) is 2.70. The lowest BCUT2D eigenvalue weighted by atomic mass is 10.1. The minimum atomic E-state index is 0.647. The van der Waals surface area contributed by atoms with Crippen LogP contribution in [0.1, 0.15) is 0 Å². The van der Waals surface area contributed by atoms with Crippen LogP contribution in [0.25, 0.3) is 16.9 Å². The van der Waals surface area contributed by atoms with Gasteiger partial charge in [0.15, 0.2) is 23.0 Å². The molecule has 142 valence electrons. The maximum Gasteiger partial charge on any atom is 0.161 e. The maximum absolute atomic E-state index is 5.39. The zero-order valence-corrected chi connectivity index (χ0v) is 15.7. The molecule has 0 amide bonds. The second-order valence-electron chi connectivity index (χ2n) is 5.94. The molecule has 8 nitrogen and oxygen atoms in total. The van der Waals surface area contributed by atoms with Crippen LogP contribution in [-0.2, 0) is 0 Å². The molecule has 0 fully saturated rings. The van der Waals surface area contributed by atoms with Crippen molar-refractivity contribution in [2.24, 2.45) is 0 Å². The smallest absolute Gasteiger partial charge is 0.161 e. The van der Waals surface area contributed by atoms with E-state index in [1.165, 1.54) is 0 Å². The van der Waals surface area contributed by atoms with E-state index in [2.05, 4.69) is 15.3 Å². The Bertz CT molecular complexity index is 1130. The Hall–Kier alpha value is -3.81. The van der Waals surface area contributed by atoms with Crippen LogP contribution in [0.15, 0.2) is 55.0 Å². The molecular weight excluding hydrogens is 358 g/mol. The van der Waals surface area contributed by atoms with Gasteiger partial charge < -0.3 is 19.5 Å². The van der Waals surface area contributed by atoms with Crippen LogP contribution in [0.3, 0.4) is 0 Å². The molecule has 0 unspecified atom stereocenters. The molecule has 1 aromatic carbocycles. The second kappa shape index (κ2) is 7.43. The molecule has 0 aliphatic rings. The van der Waals surface area contributed by atoms with E-state index in [-0.39, 0.29) is 0 Å². The van der Waals surface area contributed by atoms with Crippen molar-refractivity contribution in [3.05, 3.63) is 55.0 Å². The van der Waals surface area contributed by atoms with E-state index < -0.39 is 0 Å². The quantitative estimate of drug-likeness (QED) is 0.550. The number of anilines is 2. The van der Waals surface area contributed by atoms with Crippen molar-refractivity contribution in [3.8, 4) is 28.5 Å². The van der Waals surface area contributed by atoms with E-state index >= 15 is 0 Å². The fraction of sp³-hybridized carbons (Fsp3) is 0.150. The summed E-state index contributed by atoms with van der Waals surface area (Å²) in [6.45, 7) is 0. The van der Waals surface area contributed by atoms with Crippen molar-refractivity contribution >= 4 is 17.2 Å². The number of rotatable bonds is 6. The van der Waals surface area contributed by atoms with Gasteiger partial charge in [0.25, 0.3) is 0 Å². The maximum atomic E-state index is 5.39. The average Bonchev–Trinajstić information content (AvgIpc) is 3.15. The van der Waals surface area contributed by atoms with Gasteiger partial charge in [-0.3, -0.25) is 4.98 Å². The molecule has 3 aromatic heterocycles. The van der Waals surface area contributed by atoms with Gasteiger partial charge in [-0.1, -0.05) is 0 Å². The Morgan fingerprint density at radius 2 is 1.71 bits per heavy atom. The summed E-state index contributed by atoms with van der Waals surface area (Å²) in [5.41, 5.74) is 3.18. The van der Waals surface area contributed by atoms with Crippen LogP contribution in [0.5, 0.6) is 17.2 Å². The lowest BCUT2D eigenvalue weighted by Gasteiger charge is -2.10. The second-order valence-corrected chi connectivity index (χ2v) is 5.94. The number of aromatic nitrogens is 4. The lowest BCUT2D eigenvalue weighted by Crippen LogP contribution is -2.01. The standard InChI is InChI=1S/C20H19N5O3/c1-26-15-9-14(10-21-11-15)23-20-12-22-19-7-5-16(24-25(19)20)13-4-6-17(27-2)18(8-13)28-3/h4-12,23H,1-3H3. The van der Waals surface area contributed by atoms with Gasteiger partial charge in [0, 0.05) is 11.6 Å². The topological polar surface area (TPSA) is 82.8 Å². The zero-order chi connectivity index (χ0) is 19.5. The summed E-state index contributed by atoms with van der Waals surface area (Å²) in [7, 11) is 4.82. The predicted octanol–water partition coefficient (Wildman–Crippen LogP) is 3.56. The molecule has 4 aromatic rings. The third-order valence-corrected chi connectivity index (χ3v) is 4.26. The van der Waals surface area contributed by atoms with Crippen LogP contribution in [-0.4, -0.2) is 40.9 Å². The van der Waals surface area contributed by atoms with Gasteiger partial charge >= 0.3 is 0 Å². The Morgan fingerprint density at radius 1 is 0.857 bits per heavy atom. The van der Waals surface area contributed by atoms with Crippen molar-refractivity contribution in [2.75, 3.05) is 26.6 Å². The molecule has 0 radical (unpaired) electrons. The molecule has 0 saturated carbocycles.